The minimum absolute atomic E-state index is 0.165. The van der Waals surface area contributed by atoms with E-state index in [0.29, 0.717) is 32.1 Å². The molecule has 0 bridgehead atoms. The van der Waals surface area contributed by atoms with Crippen molar-refractivity contribution in [3.8, 4) is 17.0 Å². The van der Waals surface area contributed by atoms with Gasteiger partial charge in [0.15, 0.2) is 0 Å². The summed E-state index contributed by atoms with van der Waals surface area (Å²) in [6.07, 6.45) is 1.61. The van der Waals surface area contributed by atoms with Gasteiger partial charge in [0.25, 0.3) is 0 Å². The van der Waals surface area contributed by atoms with Crippen LogP contribution in [0.25, 0.3) is 11.1 Å². The number of likely N-dealkylation sites (tertiary alicyclic amines) is 1. The predicted octanol–water partition coefficient (Wildman–Crippen LogP) is 4.68. The van der Waals surface area contributed by atoms with Crippen LogP contribution >= 0.6 is 0 Å². The van der Waals surface area contributed by atoms with E-state index in [-0.39, 0.29) is 11.5 Å². The van der Waals surface area contributed by atoms with E-state index < -0.39 is 0 Å². The lowest BCUT2D eigenvalue weighted by atomic mass is 9.98. The molecule has 1 aliphatic heterocycles. The van der Waals surface area contributed by atoms with Crippen LogP contribution in [-0.2, 0) is 16.1 Å². The topological polar surface area (TPSA) is 51.7 Å². The van der Waals surface area contributed by atoms with E-state index in [1.807, 2.05) is 17.9 Å². The summed E-state index contributed by atoms with van der Waals surface area (Å²) in [5, 5.41) is 0. The summed E-state index contributed by atoms with van der Waals surface area (Å²) in [5.41, 5.74) is 5.31. The zero-order valence-corrected chi connectivity index (χ0v) is 18.2. The van der Waals surface area contributed by atoms with Crippen molar-refractivity contribution in [2.24, 2.45) is 0 Å². The van der Waals surface area contributed by atoms with Gasteiger partial charge in [-0.05, 0) is 63.8 Å². The van der Waals surface area contributed by atoms with Crippen molar-refractivity contribution < 1.29 is 14.3 Å². The van der Waals surface area contributed by atoms with Crippen LogP contribution in [0.5, 0.6) is 5.88 Å². The van der Waals surface area contributed by atoms with E-state index in [2.05, 4.69) is 56.9 Å². The molecule has 3 rings (SSSR count). The maximum absolute atomic E-state index is 11.7. The van der Waals surface area contributed by atoms with Crippen molar-refractivity contribution in [3.63, 3.8) is 0 Å². The van der Waals surface area contributed by atoms with Crippen molar-refractivity contribution in [1.29, 1.82) is 0 Å². The Morgan fingerprint density at radius 3 is 2.62 bits per heavy atom. The average molecular weight is 397 g/mol. The Morgan fingerprint density at radius 1 is 1.17 bits per heavy atom. The Bertz CT molecular complexity index is 848. The van der Waals surface area contributed by atoms with Gasteiger partial charge in [-0.3, -0.25) is 4.79 Å². The quantitative estimate of drug-likeness (QED) is 0.682. The fraction of sp³-hybridized carbons (Fsp3) is 0.500. The first-order valence-electron chi connectivity index (χ1n) is 10.3. The summed E-state index contributed by atoms with van der Waals surface area (Å²) >= 11 is 0. The molecule has 0 aliphatic carbocycles. The number of pyridine rings is 1. The van der Waals surface area contributed by atoms with Gasteiger partial charge < -0.3 is 14.4 Å². The second-order valence-electron chi connectivity index (χ2n) is 8.67. The predicted molar refractivity (Wildman–Crippen MR) is 115 cm³/mol. The molecule has 5 heteroatoms. The molecule has 0 radical (unpaired) electrons. The molecule has 0 atom stereocenters. The fourth-order valence-electron chi connectivity index (χ4n) is 3.62. The number of amides is 1. The molecule has 1 fully saturated rings. The molecule has 1 saturated heterocycles. The first-order valence-corrected chi connectivity index (χ1v) is 10.3. The summed E-state index contributed by atoms with van der Waals surface area (Å²) in [7, 11) is 0. The molecule has 0 spiro atoms. The lowest BCUT2D eigenvalue weighted by molar-refractivity contribution is -0.128. The van der Waals surface area contributed by atoms with Crippen molar-refractivity contribution in [3.05, 3.63) is 47.2 Å². The molecule has 1 aromatic carbocycles. The third kappa shape index (κ3) is 5.80. The molecule has 156 valence electrons. The van der Waals surface area contributed by atoms with Crippen LogP contribution in [0.2, 0.25) is 0 Å². The van der Waals surface area contributed by atoms with Crippen molar-refractivity contribution >= 4 is 5.91 Å². The van der Waals surface area contributed by atoms with E-state index in [1.165, 1.54) is 0 Å². The maximum atomic E-state index is 11.7. The van der Waals surface area contributed by atoms with E-state index in [9.17, 15) is 4.79 Å². The SMILES string of the molecule is Cc1cc(OCCN2CCCC2=O)nc(C)c1-c1cccc(COC(C)(C)C)c1. The van der Waals surface area contributed by atoms with Crippen LogP contribution in [0.15, 0.2) is 30.3 Å². The number of carbonyl (C=O) groups is 1. The molecule has 1 aliphatic rings. The highest BCUT2D eigenvalue weighted by atomic mass is 16.5. The molecule has 0 unspecified atom stereocenters. The maximum Gasteiger partial charge on any atom is 0.222 e. The number of aryl methyl sites for hydroxylation is 2. The van der Waals surface area contributed by atoms with Crippen LogP contribution in [0.1, 0.15) is 50.4 Å². The smallest absolute Gasteiger partial charge is 0.222 e. The van der Waals surface area contributed by atoms with Gasteiger partial charge in [0.1, 0.15) is 6.61 Å². The van der Waals surface area contributed by atoms with Crippen LogP contribution in [0.3, 0.4) is 0 Å². The molecule has 2 heterocycles. The third-order valence-corrected chi connectivity index (χ3v) is 5.04. The molecule has 0 saturated carbocycles. The molecular weight excluding hydrogens is 364 g/mol. The Balaban J connectivity index is 1.69. The summed E-state index contributed by atoms with van der Waals surface area (Å²) in [6.45, 7) is 12.8. The van der Waals surface area contributed by atoms with Gasteiger partial charge in [-0.25, -0.2) is 4.98 Å². The van der Waals surface area contributed by atoms with Gasteiger partial charge in [0.2, 0.25) is 11.8 Å². The Labute approximate surface area is 174 Å². The highest BCUT2D eigenvalue weighted by molar-refractivity contribution is 5.78. The van der Waals surface area contributed by atoms with Crippen LogP contribution in [0.4, 0.5) is 0 Å². The van der Waals surface area contributed by atoms with Gasteiger partial charge in [-0.1, -0.05) is 18.2 Å². The summed E-state index contributed by atoms with van der Waals surface area (Å²) in [5.74, 6) is 0.835. The zero-order chi connectivity index (χ0) is 21.0. The number of nitrogens with zero attached hydrogens (tertiary/aromatic N) is 2. The van der Waals surface area contributed by atoms with Crippen LogP contribution in [0, 0.1) is 13.8 Å². The summed E-state index contributed by atoms with van der Waals surface area (Å²) in [4.78, 5) is 18.2. The normalized spacial score (nSPS) is 14.5. The molecule has 1 amide bonds. The number of ether oxygens (including phenoxy) is 2. The Morgan fingerprint density at radius 2 is 1.97 bits per heavy atom. The van der Waals surface area contributed by atoms with Crippen LogP contribution in [-0.4, -0.2) is 41.1 Å². The summed E-state index contributed by atoms with van der Waals surface area (Å²) < 4.78 is 11.8. The van der Waals surface area contributed by atoms with Gasteiger partial charge in [-0.15, -0.1) is 0 Å². The lowest BCUT2D eigenvalue weighted by Gasteiger charge is -2.20. The molecule has 29 heavy (non-hydrogen) atoms. The molecule has 0 N–H and O–H groups in total. The van der Waals surface area contributed by atoms with Gasteiger partial charge >= 0.3 is 0 Å². The van der Waals surface area contributed by atoms with Crippen molar-refractivity contribution in [2.75, 3.05) is 19.7 Å². The van der Waals surface area contributed by atoms with E-state index in [0.717, 1.165) is 40.9 Å². The highest BCUT2D eigenvalue weighted by Crippen LogP contribution is 2.30. The minimum atomic E-state index is -0.165. The molecule has 5 nitrogen and oxygen atoms in total. The molecule has 2 aromatic rings. The molecular formula is C24H32N2O3. The lowest BCUT2D eigenvalue weighted by Crippen LogP contribution is -2.29. The number of hydrogen-bond acceptors (Lipinski definition) is 4. The summed E-state index contributed by atoms with van der Waals surface area (Å²) in [6, 6.07) is 10.4. The Hall–Kier alpha value is -2.40. The van der Waals surface area contributed by atoms with E-state index in [4.69, 9.17) is 9.47 Å². The second-order valence-corrected chi connectivity index (χ2v) is 8.67. The number of aromatic nitrogens is 1. The molecule has 1 aromatic heterocycles. The second kappa shape index (κ2) is 8.95. The van der Waals surface area contributed by atoms with Gasteiger partial charge in [0, 0.05) is 30.3 Å². The zero-order valence-electron chi connectivity index (χ0n) is 18.2. The van der Waals surface area contributed by atoms with Crippen molar-refractivity contribution in [1.82, 2.24) is 9.88 Å². The average Bonchev–Trinajstić information content (AvgIpc) is 3.04. The first-order chi connectivity index (χ1) is 13.7. The Kier molecular flexibility index (Phi) is 6.58. The van der Waals surface area contributed by atoms with Gasteiger partial charge in [-0.2, -0.15) is 0 Å². The standard InChI is InChI=1S/C24H32N2O3/c1-17-14-21(28-13-12-26-11-7-10-22(26)27)25-18(2)23(17)20-9-6-8-19(15-20)16-29-24(3,4)5/h6,8-9,14-15H,7,10-13,16H2,1-5H3. The number of rotatable bonds is 7. The first kappa shape index (κ1) is 21.3. The largest absolute Gasteiger partial charge is 0.476 e. The van der Waals surface area contributed by atoms with Gasteiger partial charge in [0.05, 0.1) is 18.8 Å². The third-order valence-electron chi connectivity index (χ3n) is 5.04. The van der Waals surface area contributed by atoms with Crippen LogP contribution < -0.4 is 4.74 Å². The fourth-order valence-corrected chi connectivity index (χ4v) is 3.62. The van der Waals surface area contributed by atoms with E-state index in [1.54, 1.807) is 0 Å². The van der Waals surface area contributed by atoms with E-state index >= 15 is 0 Å². The number of benzene rings is 1. The minimum Gasteiger partial charge on any atom is -0.476 e. The monoisotopic (exact) mass is 396 g/mol. The number of carbonyl (C=O) groups excluding carboxylic acids is 1. The van der Waals surface area contributed by atoms with Crippen molar-refractivity contribution in [2.45, 2.75) is 59.7 Å². The highest BCUT2D eigenvalue weighted by Gasteiger charge is 2.19. The number of hydrogen-bond donors (Lipinski definition) is 0.